The van der Waals surface area contributed by atoms with E-state index in [9.17, 15) is 0 Å². The first kappa shape index (κ1) is 13.9. The fraction of sp³-hybridized carbons (Fsp3) is 0.765. The number of rotatable bonds is 2. The average Bonchev–Trinajstić information content (AvgIpc) is 2.34. The van der Waals surface area contributed by atoms with Crippen LogP contribution in [0.1, 0.15) is 53.4 Å². The Morgan fingerprint density at radius 3 is 2.78 bits per heavy atom. The molecule has 0 saturated heterocycles. The molecule has 0 bridgehead atoms. The lowest BCUT2D eigenvalue weighted by Gasteiger charge is -2.53. The van der Waals surface area contributed by atoms with Gasteiger partial charge in [0.25, 0.3) is 0 Å². The molecular formula is C17H28O. The van der Waals surface area contributed by atoms with E-state index >= 15 is 0 Å². The van der Waals surface area contributed by atoms with Crippen LogP contribution in [-0.2, 0) is 4.74 Å². The van der Waals surface area contributed by atoms with Gasteiger partial charge in [-0.25, -0.2) is 0 Å². The molecule has 2 rings (SSSR count). The van der Waals surface area contributed by atoms with Gasteiger partial charge in [-0.05, 0) is 62.4 Å². The Morgan fingerprint density at radius 1 is 1.44 bits per heavy atom. The zero-order valence-corrected chi connectivity index (χ0v) is 12.5. The number of fused-ring (bicyclic) bond motifs is 1. The Labute approximate surface area is 112 Å². The zero-order chi connectivity index (χ0) is 13.3. The summed E-state index contributed by atoms with van der Waals surface area (Å²) in [6.07, 6.45) is 7.48. The summed E-state index contributed by atoms with van der Waals surface area (Å²) in [5, 5.41) is 0. The molecule has 1 saturated carbocycles. The van der Waals surface area contributed by atoms with E-state index in [0.29, 0.717) is 11.3 Å². The summed E-state index contributed by atoms with van der Waals surface area (Å²) >= 11 is 0. The van der Waals surface area contributed by atoms with E-state index in [1.54, 1.807) is 0 Å². The molecular weight excluding hydrogens is 220 g/mol. The molecule has 1 fully saturated rings. The molecule has 0 amide bonds. The lowest BCUT2D eigenvalue weighted by Crippen LogP contribution is -2.46. The molecule has 2 aliphatic rings. The van der Waals surface area contributed by atoms with Crippen molar-refractivity contribution in [3.05, 3.63) is 23.8 Å². The normalized spacial score (nSPS) is 38.6. The highest BCUT2D eigenvalue weighted by atomic mass is 16.5. The third-order valence-electron chi connectivity index (χ3n) is 5.02. The predicted octanol–water partition coefficient (Wildman–Crippen LogP) is 4.74. The van der Waals surface area contributed by atoms with Crippen molar-refractivity contribution in [2.45, 2.75) is 59.5 Å². The van der Waals surface area contributed by atoms with Crippen molar-refractivity contribution in [3.63, 3.8) is 0 Å². The van der Waals surface area contributed by atoms with Crippen LogP contribution in [0.2, 0.25) is 0 Å². The topological polar surface area (TPSA) is 9.23 Å². The van der Waals surface area contributed by atoms with Gasteiger partial charge in [0.05, 0.1) is 6.10 Å². The van der Waals surface area contributed by atoms with Gasteiger partial charge in [-0.2, -0.15) is 0 Å². The molecule has 0 spiro atoms. The minimum Gasteiger partial charge on any atom is -0.374 e. The summed E-state index contributed by atoms with van der Waals surface area (Å²) < 4.78 is 5.91. The van der Waals surface area contributed by atoms with E-state index in [2.05, 4.69) is 40.3 Å². The standard InChI is InChI=1S/C17H28O/c1-6-18-16-10-8-12(2)7-9-15-14(13(16)3)11-17(15,4)5/h8,14-16H,3,6-7,9-11H2,1-2,4-5H3/b12-8-. The summed E-state index contributed by atoms with van der Waals surface area (Å²) in [6, 6.07) is 0. The fourth-order valence-electron chi connectivity index (χ4n) is 3.79. The van der Waals surface area contributed by atoms with Crippen LogP contribution in [0.5, 0.6) is 0 Å². The first-order valence-corrected chi connectivity index (χ1v) is 7.41. The van der Waals surface area contributed by atoms with Crippen LogP contribution >= 0.6 is 0 Å². The van der Waals surface area contributed by atoms with Crippen LogP contribution in [0, 0.1) is 17.3 Å². The molecule has 0 aliphatic heterocycles. The average molecular weight is 248 g/mol. The van der Waals surface area contributed by atoms with Gasteiger partial charge in [0.15, 0.2) is 0 Å². The molecule has 1 nitrogen and oxygen atoms in total. The molecule has 0 radical (unpaired) electrons. The Kier molecular flexibility index (Phi) is 4.01. The van der Waals surface area contributed by atoms with E-state index in [1.807, 2.05) is 0 Å². The molecule has 18 heavy (non-hydrogen) atoms. The summed E-state index contributed by atoms with van der Waals surface area (Å²) in [7, 11) is 0. The van der Waals surface area contributed by atoms with Crippen LogP contribution in [0.25, 0.3) is 0 Å². The van der Waals surface area contributed by atoms with Crippen molar-refractivity contribution in [2.75, 3.05) is 6.61 Å². The van der Waals surface area contributed by atoms with E-state index in [0.717, 1.165) is 18.9 Å². The van der Waals surface area contributed by atoms with Gasteiger partial charge in [-0.3, -0.25) is 0 Å². The molecule has 3 atom stereocenters. The number of hydrogen-bond donors (Lipinski definition) is 0. The van der Waals surface area contributed by atoms with E-state index in [-0.39, 0.29) is 6.10 Å². The quantitative estimate of drug-likeness (QED) is 0.641. The number of hydrogen-bond acceptors (Lipinski definition) is 1. The SMILES string of the molecule is C=C1C(OCC)C/C=C(/C)CCC2C1CC2(C)C. The maximum absolute atomic E-state index is 5.91. The van der Waals surface area contributed by atoms with E-state index < -0.39 is 0 Å². The van der Waals surface area contributed by atoms with Gasteiger partial charge in [0, 0.05) is 6.61 Å². The van der Waals surface area contributed by atoms with Crippen molar-refractivity contribution in [3.8, 4) is 0 Å². The molecule has 0 aromatic carbocycles. The minimum atomic E-state index is 0.242. The number of ether oxygens (including phenoxy) is 1. The summed E-state index contributed by atoms with van der Waals surface area (Å²) in [5.74, 6) is 1.49. The minimum absolute atomic E-state index is 0.242. The van der Waals surface area contributed by atoms with Crippen LogP contribution in [0.4, 0.5) is 0 Å². The van der Waals surface area contributed by atoms with Gasteiger partial charge in [-0.15, -0.1) is 0 Å². The largest absolute Gasteiger partial charge is 0.374 e. The van der Waals surface area contributed by atoms with E-state index in [1.165, 1.54) is 30.4 Å². The second-order valence-corrected chi connectivity index (χ2v) is 6.75. The Bertz CT molecular complexity index is 351. The summed E-state index contributed by atoms with van der Waals surface area (Å²) in [6.45, 7) is 14.3. The van der Waals surface area contributed by atoms with Crippen molar-refractivity contribution < 1.29 is 4.74 Å². The summed E-state index contributed by atoms with van der Waals surface area (Å²) in [5.41, 5.74) is 3.37. The summed E-state index contributed by atoms with van der Waals surface area (Å²) in [4.78, 5) is 0. The van der Waals surface area contributed by atoms with Crippen LogP contribution in [0.15, 0.2) is 23.8 Å². The molecule has 0 N–H and O–H groups in total. The fourth-order valence-corrected chi connectivity index (χ4v) is 3.79. The third-order valence-corrected chi connectivity index (χ3v) is 5.02. The highest BCUT2D eigenvalue weighted by Gasteiger charge is 2.48. The molecule has 0 aromatic heterocycles. The monoisotopic (exact) mass is 248 g/mol. The van der Waals surface area contributed by atoms with Crippen molar-refractivity contribution in [1.29, 1.82) is 0 Å². The van der Waals surface area contributed by atoms with Crippen LogP contribution in [0.3, 0.4) is 0 Å². The Morgan fingerprint density at radius 2 is 2.17 bits per heavy atom. The van der Waals surface area contributed by atoms with Gasteiger partial charge in [-0.1, -0.05) is 32.1 Å². The smallest absolute Gasteiger partial charge is 0.0819 e. The molecule has 102 valence electrons. The predicted molar refractivity (Wildman–Crippen MR) is 77.5 cm³/mol. The Balaban J connectivity index is 2.18. The maximum Gasteiger partial charge on any atom is 0.0819 e. The maximum atomic E-state index is 5.91. The lowest BCUT2D eigenvalue weighted by molar-refractivity contribution is -0.0153. The molecule has 3 unspecified atom stereocenters. The first-order chi connectivity index (χ1) is 8.45. The lowest BCUT2D eigenvalue weighted by atomic mass is 9.52. The molecule has 1 heteroatoms. The van der Waals surface area contributed by atoms with Crippen LogP contribution in [-0.4, -0.2) is 12.7 Å². The highest BCUT2D eigenvalue weighted by Crippen LogP contribution is 2.56. The van der Waals surface area contributed by atoms with Crippen molar-refractivity contribution >= 4 is 0 Å². The second kappa shape index (κ2) is 5.21. The van der Waals surface area contributed by atoms with Crippen LogP contribution < -0.4 is 0 Å². The third kappa shape index (κ3) is 2.56. The van der Waals surface area contributed by atoms with Crippen molar-refractivity contribution in [1.82, 2.24) is 0 Å². The number of allylic oxidation sites excluding steroid dienone is 1. The molecule has 2 aliphatic carbocycles. The molecule has 0 aromatic rings. The Hall–Kier alpha value is -0.560. The zero-order valence-electron chi connectivity index (χ0n) is 12.5. The van der Waals surface area contributed by atoms with Gasteiger partial charge < -0.3 is 4.74 Å². The van der Waals surface area contributed by atoms with E-state index in [4.69, 9.17) is 4.74 Å². The van der Waals surface area contributed by atoms with Crippen molar-refractivity contribution in [2.24, 2.45) is 17.3 Å². The molecule has 0 heterocycles. The first-order valence-electron chi connectivity index (χ1n) is 7.41. The highest BCUT2D eigenvalue weighted by molar-refractivity contribution is 5.20. The van der Waals surface area contributed by atoms with Gasteiger partial charge in [0.1, 0.15) is 0 Å². The van der Waals surface area contributed by atoms with Gasteiger partial charge >= 0.3 is 0 Å². The van der Waals surface area contributed by atoms with Gasteiger partial charge in [0.2, 0.25) is 0 Å². The second-order valence-electron chi connectivity index (χ2n) is 6.75.